The molecule has 1 atom stereocenters. The van der Waals surface area contributed by atoms with Crippen molar-refractivity contribution in [2.75, 3.05) is 32.2 Å². The van der Waals surface area contributed by atoms with Gasteiger partial charge in [0.2, 0.25) is 0 Å². The summed E-state index contributed by atoms with van der Waals surface area (Å²) in [4.78, 5) is 2.51. The number of ether oxygens (including phenoxy) is 1. The summed E-state index contributed by atoms with van der Waals surface area (Å²) in [6.45, 7) is 3.05. The zero-order valence-electron chi connectivity index (χ0n) is 13.5. The Balaban J connectivity index is 2.09. The molecule has 0 radical (unpaired) electrons. The molecule has 2 N–H and O–H groups in total. The maximum atomic E-state index is 6.15. The van der Waals surface area contributed by atoms with Gasteiger partial charge in [0.1, 0.15) is 5.75 Å². The molecule has 0 spiro atoms. The third kappa shape index (κ3) is 3.74. The lowest BCUT2D eigenvalue weighted by molar-refractivity contribution is 0.0756. The molecule has 1 fully saturated rings. The highest BCUT2D eigenvalue weighted by Gasteiger charge is 2.37. The van der Waals surface area contributed by atoms with Crippen LogP contribution in [0.3, 0.4) is 0 Å². The van der Waals surface area contributed by atoms with Crippen molar-refractivity contribution in [3.05, 3.63) is 29.8 Å². The SMILES string of the molecule is COc1ccccc1CC(C)N(C)C1(CN)CCSCC1. The molecule has 1 unspecified atom stereocenters. The number of para-hydroxylation sites is 1. The second-order valence-electron chi connectivity index (χ2n) is 6.02. The smallest absolute Gasteiger partial charge is 0.122 e. The van der Waals surface area contributed by atoms with E-state index in [0.717, 1.165) is 18.7 Å². The zero-order valence-corrected chi connectivity index (χ0v) is 14.3. The largest absolute Gasteiger partial charge is 0.496 e. The van der Waals surface area contributed by atoms with Crippen molar-refractivity contribution in [1.82, 2.24) is 4.90 Å². The van der Waals surface area contributed by atoms with Crippen LogP contribution in [0.25, 0.3) is 0 Å². The Hall–Kier alpha value is -0.710. The second-order valence-corrected chi connectivity index (χ2v) is 7.24. The highest BCUT2D eigenvalue weighted by Crippen LogP contribution is 2.33. The molecular weight excluding hydrogens is 280 g/mol. The number of hydrogen-bond acceptors (Lipinski definition) is 4. The maximum Gasteiger partial charge on any atom is 0.122 e. The van der Waals surface area contributed by atoms with Crippen LogP contribution in [0.4, 0.5) is 0 Å². The van der Waals surface area contributed by atoms with Gasteiger partial charge in [0.25, 0.3) is 0 Å². The molecule has 1 aliphatic rings. The number of likely N-dealkylation sites (N-methyl/N-ethyl adjacent to an activating group) is 1. The summed E-state index contributed by atoms with van der Waals surface area (Å²) >= 11 is 2.05. The molecule has 0 bridgehead atoms. The van der Waals surface area contributed by atoms with Gasteiger partial charge in [-0.05, 0) is 56.4 Å². The maximum absolute atomic E-state index is 6.15. The number of thioether (sulfide) groups is 1. The fourth-order valence-electron chi connectivity index (χ4n) is 3.25. The zero-order chi connectivity index (χ0) is 15.3. The molecule has 3 nitrogen and oxygen atoms in total. The van der Waals surface area contributed by atoms with Crippen LogP contribution >= 0.6 is 11.8 Å². The molecule has 0 aliphatic carbocycles. The van der Waals surface area contributed by atoms with Crippen molar-refractivity contribution in [3.8, 4) is 5.75 Å². The molecule has 118 valence electrons. The van der Waals surface area contributed by atoms with E-state index in [-0.39, 0.29) is 5.54 Å². The van der Waals surface area contributed by atoms with E-state index < -0.39 is 0 Å². The first kappa shape index (κ1) is 16.7. The van der Waals surface area contributed by atoms with Crippen LogP contribution in [-0.2, 0) is 6.42 Å². The molecule has 1 saturated heterocycles. The number of nitrogens with zero attached hydrogens (tertiary/aromatic N) is 1. The van der Waals surface area contributed by atoms with Crippen molar-refractivity contribution in [3.63, 3.8) is 0 Å². The van der Waals surface area contributed by atoms with Gasteiger partial charge in [0.15, 0.2) is 0 Å². The van der Waals surface area contributed by atoms with Crippen LogP contribution in [0, 0.1) is 0 Å². The van der Waals surface area contributed by atoms with Crippen LogP contribution in [0.1, 0.15) is 25.3 Å². The van der Waals surface area contributed by atoms with Crippen molar-refractivity contribution in [2.45, 2.75) is 37.8 Å². The van der Waals surface area contributed by atoms with Gasteiger partial charge in [-0.25, -0.2) is 0 Å². The summed E-state index contributed by atoms with van der Waals surface area (Å²) in [6, 6.07) is 8.76. The van der Waals surface area contributed by atoms with Crippen LogP contribution in [0.5, 0.6) is 5.75 Å². The first-order valence-electron chi connectivity index (χ1n) is 7.75. The van der Waals surface area contributed by atoms with Gasteiger partial charge in [0, 0.05) is 18.1 Å². The molecule has 1 heterocycles. The number of hydrogen-bond donors (Lipinski definition) is 1. The summed E-state index contributed by atoms with van der Waals surface area (Å²) in [5.74, 6) is 3.44. The molecule has 1 aromatic carbocycles. The van der Waals surface area contributed by atoms with E-state index in [4.69, 9.17) is 10.5 Å². The summed E-state index contributed by atoms with van der Waals surface area (Å²) < 4.78 is 5.48. The topological polar surface area (TPSA) is 38.5 Å². The lowest BCUT2D eigenvalue weighted by Crippen LogP contribution is -2.57. The fraction of sp³-hybridized carbons (Fsp3) is 0.647. The third-order valence-electron chi connectivity index (χ3n) is 4.92. The van der Waals surface area contributed by atoms with Crippen molar-refractivity contribution in [2.24, 2.45) is 5.73 Å². The average molecular weight is 308 g/mol. The molecule has 0 amide bonds. The highest BCUT2D eigenvalue weighted by atomic mass is 32.2. The molecule has 2 rings (SSSR count). The van der Waals surface area contributed by atoms with Crippen LogP contribution < -0.4 is 10.5 Å². The molecular formula is C17H28N2OS. The summed E-state index contributed by atoms with van der Waals surface area (Å²) in [6.07, 6.45) is 3.39. The minimum Gasteiger partial charge on any atom is -0.496 e. The number of nitrogens with two attached hydrogens (primary N) is 1. The lowest BCUT2D eigenvalue weighted by atomic mass is 9.88. The lowest BCUT2D eigenvalue weighted by Gasteiger charge is -2.46. The molecule has 0 aromatic heterocycles. The number of benzene rings is 1. The predicted molar refractivity (Wildman–Crippen MR) is 92.3 cm³/mol. The van der Waals surface area contributed by atoms with E-state index in [1.165, 1.54) is 29.9 Å². The fourth-order valence-corrected chi connectivity index (χ4v) is 4.50. The van der Waals surface area contributed by atoms with Crippen molar-refractivity contribution >= 4 is 11.8 Å². The van der Waals surface area contributed by atoms with E-state index in [2.05, 4.69) is 31.0 Å². The van der Waals surface area contributed by atoms with Crippen LogP contribution in [0.2, 0.25) is 0 Å². The summed E-state index contributed by atoms with van der Waals surface area (Å²) in [5.41, 5.74) is 7.60. The number of rotatable bonds is 6. The van der Waals surface area contributed by atoms with Gasteiger partial charge < -0.3 is 10.5 Å². The van der Waals surface area contributed by atoms with E-state index in [1.54, 1.807) is 7.11 Å². The van der Waals surface area contributed by atoms with E-state index >= 15 is 0 Å². The normalized spacial score (nSPS) is 19.5. The first-order chi connectivity index (χ1) is 10.1. The first-order valence-corrected chi connectivity index (χ1v) is 8.91. The van der Waals surface area contributed by atoms with Crippen LogP contribution in [0.15, 0.2) is 24.3 Å². The molecule has 1 aromatic rings. The predicted octanol–water partition coefficient (Wildman–Crippen LogP) is 2.78. The molecule has 0 saturated carbocycles. The Kier molecular flexibility index (Phi) is 5.97. The quantitative estimate of drug-likeness (QED) is 0.877. The Morgan fingerprint density at radius 2 is 2.00 bits per heavy atom. The minimum atomic E-state index is 0.173. The van der Waals surface area contributed by atoms with Gasteiger partial charge in [-0.15, -0.1) is 0 Å². The summed E-state index contributed by atoms with van der Waals surface area (Å²) in [5, 5.41) is 0. The van der Waals surface area contributed by atoms with Gasteiger partial charge in [-0.3, -0.25) is 4.90 Å². The molecule has 4 heteroatoms. The van der Waals surface area contributed by atoms with Crippen LogP contribution in [-0.4, -0.2) is 48.7 Å². The Labute approximate surface area is 133 Å². The van der Waals surface area contributed by atoms with Crippen molar-refractivity contribution < 1.29 is 4.74 Å². The molecule has 1 aliphatic heterocycles. The summed E-state index contributed by atoms with van der Waals surface area (Å²) in [7, 11) is 3.98. The Morgan fingerprint density at radius 3 is 2.62 bits per heavy atom. The van der Waals surface area contributed by atoms with Gasteiger partial charge in [0.05, 0.1) is 7.11 Å². The van der Waals surface area contributed by atoms with Gasteiger partial charge in [-0.2, -0.15) is 11.8 Å². The highest BCUT2D eigenvalue weighted by molar-refractivity contribution is 7.99. The average Bonchev–Trinajstić information content (AvgIpc) is 2.55. The monoisotopic (exact) mass is 308 g/mol. The molecule has 21 heavy (non-hydrogen) atoms. The number of methoxy groups -OCH3 is 1. The van der Waals surface area contributed by atoms with Crippen molar-refractivity contribution in [1.29, 1.82) is 0 Å². The van der Waals surface area contributed by atoms with E-state index in [0.29, 0.717) is 6.04 Å². The van der Waals surface area contributed by atoms with E-state index in [1.807, 2.05) is 23.9 Å². The second kappa shape index (κ2) is 7.52. The minimum absolute atomic E-state index is 0.173. The van der Waals surface area contributed by atoms with Gasteiger partial charge >= 0.3 is 0 Å². The Bertz CT molecular complexity index is 446. The standard InChI is InChI=1S/C17H28N2OS/c1-14(12-15-6-4-5-7-16(15)20-3)19(2)17(13-18)8-10-21-11-9-17/h4-7,14H,8-13,18H2,1-3H3. The third-order valence-corrected chi connectivity index (χ3v) is 5.91. The van der Waals surface area contributed by atoms with E-state index in [9.17, 15) is 0 Å². The van der Waals surface area contributed by atoms with Gasteiger partial charge in [-0.1, -0.05) is 18.2 Å². The Morgan fingerprint density at radius 1 is 1.33 bits per heavy atom.